The van der Waals surface area contributed by atoms with E-state index in [1.165, 1.54) is 5.56 Å². The molecule has 3 atom stereocenters. The molecule has 3 rings (SSSR count). The molecule has 22 heavy (non-hydrogen) atoms. The molecule has 1 aliphatic carbocycles. The molecule has 1 aliphatic heterocycles. The number of carbonyl (C=O) groups excluding carboxylic acids is 2. The Morgan fingerprint density at radius 3 is 2.91 bits per heavy atom. The summed E-state index contributed by atoms with van der Waals surface area (Å²) in [5, 5.41) is 0. The lowest BCUT2D eigenvalue weighted by Gasteiger charge is -2.39. The first-order valence-electron chi connectivity index (χ1n) is 8.11. The summed E-state index contributed by atoms with van der Waals surface area (Å²) in [5.74, 6) is -0.573. The van der Waals surface area contributed by atoms with Crippen molar-refractivity contribution in [3.05, 3.63) is 29.6 Å². The Bertz CT molecular complexity index is 587. The number of fused-ring (bicyclic) bond motifs is 1. The van der Waals surface area contributed by atoms with Gasteiger partial charge in [-0.15, -0.1) is 0 Å². The molecule has 1 aromatic heterocycles. The van der Waals surface area contributed by atoms with Gasteiger partial charge in [0.2, 0.25) is 11.8 Å². The van der Waals surface area contributed by atoms with Gasteiger partial charge in [0.25, 0.3) is 0 Å². The van der Waals surface area contributed by atoms with Crippen molar-refractivity contribution in [1.82, 2.24) is 9.88 Å². The molecule has 5 heteroatoms. The lowest BCUT2D eigenvalue weighted by atomic mass is 9.84. The van der Waals surface area contributed by atoms with E-state index >= 15 is 0 Å². The van der Waals surface area contributed by atoms with Gasteiger partial charge in [-0.2, -0.15) is 0 Å². The number of piperidine rings is 1. The van der Waals surface area contributed by atoms with Crippen LogP contribution in [0.2, 0.25) is 0 Å². The van der Waals surface area contributed by atoms with Gasteiger partial charge in [0.05, 0.1) is 17.5 Å². The van der Waals surface area contributed by atoms with E-state index in [1.54, 1.807) is 6.20 Å². The van der Waals surface area contributed by atoms with Crippen molar-refractivity contribution >= 4 is 11.8 Å². The van der Waals surface area contributed by atoms with Crippen molar-refractivity contribution in [2.24, 2.45) is 11.7 Å². The molecule has 0 saturated carbocycles. The third-order valence-electron chi connectivity index (χ3n) is 5.06. The van der Waals surface area contributed by atoms with Crippen LogP contribution in [-0.2, 0) is 16.0 Å². The average Bonchev–Trinajstić information content (AvgIpc) is 2.54. The Labute approximate surface area is 130 Å². The van der Waals surface area contributed by atoms with Crippen LogP contribution in [-0.4, -0.2) is 34.3 Å². The number of nitrogens with two attached hydrogens (primary N) is 1. The maximum Gasteiger partial charge on any atom is 0.231 e. The zero-order valence-corrected chi connectivity index (χ0v) is 13.0. The molecule has 0 bridgehead atoms. The first kappa shape index (κ1) is 15.0. The monoisotopic (exact) mass is 301 g/mol. The van der Waals surface area contributed by atoms with Gasteiger partial charge in [0, 0.05) is 18.8 Å². The number of hydrogen-bond donors (Lipinski definition) is 1. The van der Waals surface area contributed by atoms with Crippen LogP contribution in [0, 0.1) is 5.92 Å². The molecule has 0 radical (unpaired) electrons. The Morgan fingerprint density at radius 1 is 1.32 bits per heavy atom. The number of aromatic nitrogens is 1. The number of carbonyl (C=O) groups is 2. The molecule has 2 N–H and O–H groups in total. The van der Waals surface area contributed by atoms with Crippen molar-refractivity contribution in [1.29, 1.82) is 0 Å². The number of amides is 2. The van der Waals surface area contributed by atoms with Gasteiger partial charge in [-0.3, -0.25) is 14.6 Å². The zero-order chi connectivity index (χ0) is 15.7. The largest absolute Gasteiger partial charge is 0.369 e. The predicted molar refractivity (Wildman–Crippen MR) is 83.0 cm³/mol. The second-order valence-corrected chi connectivity index (χ2v) is 6.51. The maximum atomic E-state index is 13.0. The average molecular weight is 301 g/mol. The van der Waals surface area contributed by atoms with Gasteiger partial charge in [-0.25, -0.2) is 0 Å². The second kappa shape index (κ2) is 6.07. The Kier molecular flexibility index (Phi) is 4.14. The highest BCUT2D eigenvalue weighted by atomic mass is 16.2. The fourth-order valence-electron chi connectivity index (χ4n) is 3.70. The van der Waals surface area contributed by atoms with E-state index in [9.17, 15) is 9.59 Å². The van der Waals surface area contributed by atoms with E-state index in [0.717, 1.165) is 37.8 Å². The quantitative estimate of drug-likeness (QED) is 0.901. The summed E-state index contributed by atoms with van der Waals surface area (Å²) in [7, 11) is 0. The van der Waals surface area contributed by atoms with Crippen molar-refractivity contribution in [3.63, 3.8) is 0 Å². The van der Waals surface area contributed by atoms with Gasteiger partial charge in [-0.1, -0.05) is 6.07 Å². The third kappa shape index (κ3) is 2.72. The van der Waals surface area contributed by atoms with Crippen LogP contribution in [0.4, 0.5) is 0 Å². The molecule has 0 aromatic carbocycles. The minimum Gasteiger partial charge on any atom is -0.369 e. The van der Waals surface area contributed by atoms with Crippen LogP contribution in [0.15, 0.2) is 18.3 Å². The number of rotatable bonds is 2. The lowest BCUT2D eigenvalue weighted by molar-refractivity contribution is -0.139. The fraction of sp³-hybridized carbons (Fsp3) is 0.588. The SMILES string of the molecule is C[C@@H]1CC[C@H](C(N)=O)CN1C(=O)[C@@H]1CCCc2cccnc21. The van der Waals surface area contributed by atoms with Gasteiger partial charge in [0.15, 0.2) is 0 Å². The Morgan fingerprint density at radius 2 is 2.14 bits per heavy atom. The Balaban J connectivity index is 1.83. The van der Waals surface area contributed by atoms with Crippen molar-refractivity contribution in [3.8, 4) is 0 Å². The van der Waals surface area contributed by atoms with Gasteiger partial charge < -0.3 is 10.6 Å². The fourth-order valence-corrected chi connectivity index (χ4v) is 3.70. The molecule has 0 spiro atoms. The van der Waals surface area contributed by atoms with E-state index < -0.39 is 0 Å². The van der Waals surface area contributed by atoms with E-state index in [2.05, 4.69) is 18.0 Å². The molecule has 118 valence electrons. The van der Waals surface area contributed by atoms with E-state index in [4.69, 9.17) is 5.73 Å². The smallest absolute Gasteiger partial charge is 0.231 e. The summed E-state index contributed by atoms with van der Waals surface area (Å²) in [6.45, 7) is 2.51. The summed E-state index contributed by atoms with van der Waals surface area (Å²) in [4.78, 5) is 30.8. The van der Waals surface area contributed by atoms with Crippen LogP contribution >= 0.6 is 0 Å². The number of primary amides is 1. The highest BCUT2D eigenvalue weighted by molar-refractivity contribution is 5.85. The molecular formula is C17H23N3O2. The minimum atomic E-state index is -0.299. The summed E-state index contributed by atoms with van der Waals surface area (Å²) in [5.41, 5.74) is 7.55. The normalized spacial score (nSPS) is 28.0. The number of likely N-dealkylation sites (tertiary alicyclic amines) is 1. The molecule has 1 aromatic rings. The molecule has 1 fully saturated rings. The predicted octanol–water partition coefficient (Wildman–Crippen LogP) is 1.61. The lowest BCUT2D eigenvalue weighted by Crippen LogP contribution is -2.50. The second-order valence-electron chi connectivity index (χ2n) is 6.51. The van der Waals surface area contributed by atoms with Gasteiger partial charge in [-0.05, 0) is 50.7 Å². The zero-order valence-electron chi connectivity index (χ0n) is 13.0. The summed E-state index contributed by atoms with van der Waals surface area (Å²) < 4.78 is 0. The van der Waals surface area contributed by atoms with Crippen LogP contribution in [0.1, 0.15) is 49.8 Å². The van der Waals surface area contributed by atoms with Gasteiger partial charge in [0.1, 0.15) is 0 Å². The van der Waals surface area contributed by atoms with Crippen molar-refractivity contribution in [2.75, 3.05) is 6.54 Å². The van der Waals surface area contributed by atoms with Crippen LogP contribution in [0.5, 0.6) is 0 Å². The summed E-state index contributed by atoms with van der Waals surface area (Å²) >= 11 is 0. The molecule has 0 unspecified atom stereocenters. The third-order valence-corrected chi connectivity index (χ3v) is 5.06. The highest BCUT2D eigenvalue weighted by Gasteiger charge is 2.37. The molecular weight excluding hydrogens is 278 g/mol. The summed E-state index contributed by atoms with van der Waals surface area (Å²) in [6.07, 6.45) is 6.22. The molecule has 2 heterocycles. The minimum absolute atomic E-state index is 0.109. The standard InChI is InChI=1S/C17H23N3O2/c1-11-7-8-13(16(18)21)10-20(11)17(22)14-6-2-4-12-5-3-9-19-15(12)14/h3,5,9,11,13-14H,2,4,6-8,10H2,1H3,(H2,18,21)/t11-,13+,14-/m1/s1. The van der Waals surface area contributed by atoms with Crippen molar-refractivity contribution in [2.45, 2.75) is 51.0 Å². The number of hydrogen-bond acceptors (Lipinski definition) is 3. The first-order valence-corrected chi connectivity index (χ1v) is 8.11. The van der Waals surface area contributed by atoms with Crippen molar-refractivity contribution < 1.29 is 9.59 Å². The van der Waals surface area contributed by atoms with Crippen LogP contribution < -0.4 is 5.73 Å². The first-order chi connectivity index (χ1) is 10.6. The number of pyridine rings is 1. The highest BCUT2D eigenvalue weighted by Crippen LogP contribution is 2.33. The number of aryl methyl sites for hydroxylation is 1. The van der Waals surface area contributed by atoms with Crippen LogP contribution in [0.25, 0.3) is 0 Å². The van der Waals surface area contributed by atoms with E-state index in [-0.39, 0.29) is 29.7 Å². The van der Waals surface area contributed by atoms with E-state index in [0.29, 0.717) is 6.54 Å². The number of nitrogens with zero attached hydrogens (tertiary/aromatic N) is 2. The van der Waals surface area contributed by atoms with Gasteiger partial charge >= 0.3 is 0 Å². The molecule has 5 nitrogen and oxygen atoms in total. The Hall–Kier alpha value is -1.91. The van der Waals surface area contributed by atoms with E-state index in [1.807, 2.05) is 11.0 Å². The topological polar surface area (TPSA) is 76.3 Å². The molecule has 1 saturated heterocycles. The maximum absolute atomic E-state index is 13.0. The summed E-state index contributed by atoms with van der Waals surface area (Å²) in [6, 6.07) is 4.16. The molecule has 2 aliphatic rings. The van der Waals surface area contributed by atoms with Crippen LogP contribution in [0.3, 0.4) is 0 Å². The molecule has 2 amide bonds.